The fourth-order valence-corrected chi connectivity index (χ4v) is 3.18. The largest absolute Gasteiger partial charge is 0.478 e. The summed E-state index contributed by atoms with van der Waals surface area (Å²) in [6.07, 6.45) is 2.77. The van der Waals surface area contributed by atoms with Gasteiger partial charge in [0.2, 0.25) is 0 Å². The maximum absolute atomic E-state index is 11.0. The second kappa shape index (κ2) is 6.78. The van der Waals surface area contributed by atoms with Crippen LogP contribution in [0.3, 0.4) is 0 Å². The summed E-state index contributed by atoms with van der Waals surface area (Å²) in [5, 5.41) is 9.73. The standard InChI is InChI=1S/C15H15Cl2N5O2/c1-9-7-21(14-11(16)4-10(6-18-14)15(23)24)2-3-22(9)13-5-12(17)19-8-20-13/h4-6,8-9H,2-3,7H2,1H3,(H,23,24)/t9-/m1/s1. The summed E-state index contributed by atoms with van der Waals surface area (Å²) < 4.78 is 0. The molecule has 2 aromatic heterocycles. The number of nitrogens with zero attached hydrogens (tertiary/aromatic N) is 5. The first-order chi connectivity index (χ1) is 11.5. The zero-order valence-corrected chi connectivity index (χ0v) is 14.4. The minimum absolute atomic E-state index is 0.0751. The van der Waals surface area contributed by atoms with E-state index < -0.39 is 5.97 Å². The molecule has 0 radical (unpaired) electrons. The molecule has 0 saturated carbocycles. The minimum Gasteiger partial charge on any atom is -0.478 e. The number of aromatic carboxylic acids is 1. The van der Waals surface area contributed by atoms with Gasteiger partial charge in [-0.3, -0.25) is 0 Å². The van der Waals surface area contributed by atoms with E-state index in [4.69, 9.17) is 28.3 Å². The minimum atomic E-state index is -1.05. The Bertz CT molecular complexity index is 773. The average Bonchev–Trinajstić information content (AvgIpc) is 2.54. The Labute approximate surface area is 148 Å². The molecule has 0 unspecified atom stereocenters. The monoisotopic (exact) mass is 367 g/mol. The molecule has 0 spiro atoms. The van der Waals surface area contributed by atoms with E-state index in [1.807, 2.05) is 4.90 Å². The fourth-order valence-electron chi connectivity index (χ4n) is 2.75. The smallest absolute Gasteiger partial charge is 0.337 e. The van der Waals surface area contributed by atoms with Crippen molar-refractivity contribution in [3.05, 3.63) is 40.4 Å². The number of hydrogen-bond acceptors (Lipinski definition) is 6. The summed E-state index contributed by atoms with van der Waals surface area (Å²) in [4.78, 5) is 27.5. The molecule has 2 aromatic rings. The second-order valence-corrected chi connectivity index (χ2v) is 6.32. The Hall–Kier alpha value is -2.12. The Morgan fingerprint density at radius 3 is 2.67 bits per heavy atom. The molecule has 1 N–H and O–H groups in total. The highest BCUT2D eigenvalue weighted by Crippen LogP contribution is 2.28. The Kier molecular flexibility index (Phi) is 4.73. The molecule has 1 aliphatic heterocycles. The number of aromatic nitrogens is 3. The number of rotatable bonds is 3. The number of carboxylic acid groups (broad SMARTS) is 1. The Balaban J connectivity index is 1.77. The van der Waals surface area contributed by atoms with Gasteiger partial charge in [0, 0.05) is 37.9 Å². The lowest BCUT2D eigenvalue weighted by Gasteiger charge is -2.41. The summed E-state index contributed by atoms with van der Waals surface area (Å²) in [5.74, 6) is 0.325. The topological polar surface area (TPSA) is 82.5 Å². The first kappa shape index (κ1) is 16.7. The van der Waals surface area contributed by atoms with Crippen LogP contribution in [0.2, 0.25) is 10.2 Å². The Morgan fingerprint density at radius 2 is 2.04 bits per heavy atom. The van der Waals surface area contributed by atoms with Crippen LogP contribution in [-0.2, 0) is 0 Å². The molecular formula is C15H15Cl2N5O2. The van der Waals surface area contributed by atoms with Gasteiger partial charge in [-0.2, -0.15) is 0 Å². The molecule has 1 atom stereocenters. The molecule has 0 amide bonds. The summed E-state index contributed by atoms with van der Waals surface area (Å²) in [5.41, 5.74) is 0.0751. The van der Waals surface area contributed by atoms with Crippen molar-refractivity contribution < 1.29 is 9.90 Å². The summed E-state index contributed by atoms with van der Waals surface area (Å²) in [7, 11) is 0. The number of carbonyl (C=O) groups is 1. The van der Waals surface area contributed by atoms with E-state index in [0.717, 1.165) is 5.82 Å². The molecule has 0 aromatic carbocycles. The van der Waals surface area contributed by atoms with Gasteiger partial charge in [0.1, 0.15) is 23.1 Å². The predicted octanol–water partition coefficient (Wildman–Crippen LogP) is 2.59. The SMILES string of the molecule is C[C@@H]1CN(c2ncc(C(=O)O)cc2Cl)CCN1c1cc(Cl)ncn1. The molecule has 126 valence electrons. The van der Waals surface area contributed by atoms with Crippen molar-refractivity contribution in [2.75, 3.05) is 29.4 Å². The number of halogens is 2. The predicted molar refractivity (Wildman–Crippen MR) is 92.3 cm³/mol. The van der Waals surface area contributed by atoms with Crippen molar-refractivity contribution in [2.24, 2.45) is 0 Å². The van der Waals surface area contributed by atoms with E-state index in [9.17, 15) is 4.79 Å². The fraction of sp³-hybridized carbons (Fsp3) is 0.333. The van der Waals surface area contributed by atoms with Crippen molar-refractivity contribution in [1.82, 2.24) is 15.0 Å². The summed E-state index contributed by atoms with van der Waals surface area (Å²) >= 11 is 12.1. The van der Waals surface area contributed by atoms with Crippen LogP contribution in [0.4, 0.5) is 11.6 Å². The molecule has 9 heteroatoms. The maximum Gasteiger partial charge on any atom is 0.337 e. The van der Waals surface area contributed by atoms with Gasteiger partial charge >= 0.3 is 5.97 Å². The molecule has 0 bridgehead atoms. The van der Waals surface area contributed by atoms with Crippen LogP contribution >= 0.6 is 23.2 Å². The Morgan fingerprint density at radius 1 is 1.25 bits per heavy atom. The summed E-state index contributed by atoms with van der Waals surface area (Å²) in [6, 6.07) is 3.32. The van der Waals surface area contributed by atoms with Crippen LogP contribution in [-0.4, -0.2) is 51.7 Å². The van der Waals surface area contributed by atoms with Gasteiger partial charge in [-0.05, 0) is 13.0 Å². The van der Waals surface area contributed by atoms with Crippen LogP contribution in [0, 0.1) is 0 Å². The molecule has 3 heterocycles. The average molecular weight is 368 g/mol. The lowest BCUT2D eigenvalue weighted by atomic mass is 10.2. The van der Waals surface area contributed by atoms with Crippen LogP contribution in [0.15, 0.2) is 24.7 Å². The molecular weight excluding hydrogens is 353 g/mol. The number of hydrogen-bond donors (Lipinski definition) is 1. The molecule has 0 aliphatic carbocycles. The molecule has 1 aliphatic rings. The van der Waals surface area contributed by atoms with E-state index in [1.165, 1.54) is 18.6 Å². The van der Waals surface area contributed by atoms with Crippen LogP contribution < -0.4 is 9.80 Å². The number of anilines is 2. The van der Waals surface area contributed by atoms with E-state index in [0.29, 0.717) is 35.6 Å². The highest BCUT2D eigenvalue weighted by atomic mass is 35.5. The molecule has 24 heavy (non-hydrogen) atoms. The number of carboxylic acids is 1. The van der Waals surface area contributed by atoms with Crippen LogP contribution in [0.1, 0.15) is 17.3 Å². The van der Waals surface area contributed by atoms with E-state index in [1.54, 1.807) is 6.07 Å². The third-order valence-electron chi connectivity index (χ3n) is 3.91. The lowest BCUT2D eigenvalue weighted by Crippen LogP contribution is -2.52. The first-order valence-corrected chi connectivity index (χ1v) is 8.09. The van der Waals surface area contributed by atoms with Gasteiger partial charge in [-0.1, -0.05) is 23.2 Å². The van der Waals surface area contributed by atoms with Crippen molar-refractivity contribution in [3.63, 3.8) is 0 Å². The van der Waals surface area contributed by atoms with E-state index in [-0.39, 0.29) is 11.6 Å². The van der Waals surface area contributed by atoms with Crippen molar-refractivity contribution in [1.29, 1.82) is 0 Å². The van der Waals surface area contributed by atoms with Crippen LogP contribution in [0.5, 0.6) is 0 Å². The second-order valence-electron chi connectivity index (χ2n) is 5.52. The molecule has 1 fully saturated rings. The van der Waals surface area contributed by atoms with Gasteiger partial charge in [0.15, 0.2) is 0 Å². The van der Waals surface area contributed by atoms with E-state index in [2.05, 4.69) is 26.8 Å². The lowest BCUT2D eigenvalue weighted by molar-refractivity contribution is 0.0696. The number of piperazine rings is 1. The third-order valence-corrected chi connectivity index (χ3v) is 4.39. The van der Waals surface area contributed by atoms with Crippen molar-refractivity contribution >= 4 is 40.8 Å². The summed E-state index contributed by atoms with van der Waals surface area (Å²) in [6.45, 7) is 4.15. The van der Waals surface area contributed by atoms with Gasteiger partial charge < -0.3 is 14.9 Å². The van der Waals surface area contributed by atoms with Crippen molar-refractivity contribution in [2.45, 2.75) is 13.0 Å². The zero-order valence-electron chi connectivity index (χ0n) is 12.9. The quantitative estimate of drug-likeness (QED) is 0.834. The van der Waals surface area contributed by atoms with E-state index >= 15 is 0 Å². The first-order valence-electron chi connectivity index (χ1n) is 7.33. The zero-order chi connectivity index (χ0) is 17.3. The van der Waals surface area contributed by atoms with Gasteiger partial charge in [0.05, 0.1) is 10.6 Å². The highest BCUT2D eigenvalue weighted by Gasteiger charge is 2.27. The van der Waals surface area contributed by atoms with Crippen molar-refractivity contribution in [3.8, 4) is 0 Å². The molecule has 7 nitrogen and oxygen atoms in total. The number of pyridine rings is 1. The van der Waals surface area contributed by atoms with Crippen LogP contribution in [0.25, 0.3) is 0 Å². The third kappa shape index (κ3) is 3.37. The molecule has 3 rings (SSSR count). The highest BCUT2D eigenvalue weighted by molar-refractivity contribution is 6.33. The van der Waals surface area contributed by atoms with Gasteiger partial charge in [0.25, 0.3) is 0 Å². The maximum atomic E-state index is 11.0. The van der Waals surface area contributed by atoms with Gasteiger partial charge in [-0.15, -0.1) is 0 Å². The van der Waals surface area contributed by atoms with Gasteiger partial charge in [-0.25, -0.2) is 19.7 Å². The molecule has 1 saturated heterocycles. The normalized spacial score (nSPS) is 17.9.